The number of esters is 2. The number of nitrogens with one attached hydrogen (secondary N) is 2. The number of cyclic esters (lactones) is 2. The van der Waals surface area contributed by atoms with Crippen LogP contribution in [0.4, 0.5) is 0 Å². The minimum atomic E-state index is -1.26. The quantitative estimate of drug-likeness (QED) is 0.326. The number of rotatable bonds is 8. The van der Waals surface area contributed by atoms with E-state index in [1.54, 1.807) is 32.9 Å². The molecule has 1 heterocycles. The number of nitrogens with zero attached hydrogens (tertiary/aromatic N) is 3. The van der Waals surface area contributed by atoms with E-state index >= 15 is 0 Å². The van der Waals surface area contributed by atoms with E-state index in [-0.39, 0.29) is 30.3 Å². The van der Waals surface area contributed by atoms with Crippen molar-refractivity contribution in [3.63, 3.8) is 0 Å². The third-order valence-electron chi connectivity index (χ3n) is 12.1. The first kappa shape index (κ1) is 51.4. The third-order valence-corrected chi connectivity index (χ3v) is 12.1. The Morgan fingerprint density at radius 1 is 0.767 bits per heavy atom. The molecule has 5 amide bonds. The molecule has 0 fully saturated rings. The Morgan fingerprint density at radius 2 is 1.35 bits per heavy atom. The van der Waals surface area contributed by atoms with Crippen LogP contribution >= 0.6 is 0 Å². The molecule has 15 nitrogen and oxygen atoms in total. The van der Waals surface area contributed by atoms with Crippen LogP contribution in [0.15, 0.2) is 42.0 Å². The van der Waals surface area contributed by atoms with Crippen LogP contribution in [0.2, 0.25) is 0 Å². The predicted molar refractivity (Wildman–Crippen MR) is 228 cm³/mol. The van der Waals surface area contributed by atoms with Crippen LogP contribution in [0.3, 0.4) is 0 Å². The van der Waals surface area contributed by atoms with Crippen molar-refractivity contribution >= 4 is 41.5 Å². The lowest BCUT2D eigenvalue weighted by atomic mass is 9.86. The van der Waals surface area contributed by atoms with Gasteiger partial charge in [0.2, 0.25) is 23.6 Å². The Bertz CT molecular complexity index is 1670. The van der Waals surface area contributed by atoms with E-state index < -0.39 is 102 Å². The summed E-state index contributed by atoms with van der Waals surface area (Å²) >= 11 is 0. The number of hydrogen-bond donors (Lipinski definition) is 3. The fraction of sp³-hybridized carbons (Fsp3) is 0.667. The largest absolute Gasteiger partial charge is 0.460 e. The monoisotopic (exact) mass is 842 g/mol. The molecule has 0 unspecified atom stereocenters. The van der Waals surface area contributed by atoms with Crippen molar-refractivity contribution in [3.05, 3.63) is 47.5 Å². The molecule has 1 aliphatic heterocycles. The number of aliphatic hydroxyl groups is 1. The molecule has 60 heavy (non-hydrogen) atoms. The summed E-state index contributed by atoms with van der Waals surface area (Å²) in [5, 5.41) is 16.8. The van der Waals surface area contributed by atoms with Gasteiger partial charge in [-0.25, -0.2) is 9.59 Å². The summed E-state index contributed by atoms with van der Waals surface area (Å²) in [5.74, 6) is -6.06. The van der Waals surface area contributed by atoms with Crippen LogP contribution in [-0.4, -0.2) is 131 Å². The van der Waals surface area contributed by atoms with Crippen molar-refractivity contribution < 1.29 is 48.1 Å². The lowest BCUT2D eigenvalue weighted by molar-refractivity contribution is -0.166. The van der Waals surface area contributed by atoms with E-state index in [0.717, 1.165) is 5.56 Å². The van der Waals surface area contributed by atoms with Gasteiger partial charge in [-0.15, -0.1) is 0 Å². The highest BCUT2D eigenvalue weighted by atomic mass is 16.6. The maximum Gasteiger partial charge on any atom is 0.334 e. The van der Waals surface area contributed by atoms with Crippen LogP contribution in [0, 0.1) is 23.7 Å². The molecule has 15 heteroatoms. The van der Waals surface area contributed by atoms with Crippen LogP contribution in [0.5, 0.6) is 0 Å². The Kier molecular flexibility index (Phi) is 20.4. The van der Waals surface area contributed by atoms with Gasteiger partial charge in [0.1, 0.15) is 30.3 Å². The molecule has 2 rings (SSSR count). The van der Waals surface area contributed by atoms with Gasteiger partial charge in [-0.05, 0) is 51.0 Å². The van der Waals surface area contributed by atoms with Gasteiger partial charge >= 0.3 is 11.9 Å². The number of carbonyl (C=O) groups is 7. The van der Waals surface area contributed by atoms with Crippen LogP contribution in [-0.2, 0) is 49.5 Å². The number of aliphatic hydroxyl groups excluding tert-OH is 1. The molecule has 1 aromatic rings. The zero-order chi connectivity index (χ0) is 45.6. The van der Waals surface area contributed by atoms with Gasteiger partial charge < -0.3 is 39.9 Å². The van der Waals surface area contributed by atoms with Crippen molar-refractivity contribution in [3.8, 4) is 0 Å². The van der Waals surface area contributed by atoms with E-state index in [9.17, 15) is 38.7 Å². The molecule has 0 aromatic heterocycles. The van der Waals surface area contributed by atoms with Crippen molar-refractivity contribution in [1.82, 2.24) is 25.3 Å². The SMILES string of the molecule is CC[C@H](C)[C@H]1OC(=O)[C@H](C)N(C)C(=O)[C@H]([C@@H](C)CC)NC(=O)CN(C)C(=O)[C@@H](Cc2ccccc2)N(C)C(=O)[C@H](C)NC(=O)[C@@H]([C@@H](C)CC)OC(=O)/C(C)=C/C[C@H](O)[C@@H]1C. The molecule has 0 bridgehead atoms. The van der Waals surface area contributed by atoms with Crippen LogP contribution in [0.25, 0.3) is 0 Å². The van der Waals surface area contributed by atoms with Gasteiger partial charge in [-0.3, -0.25) is 24.0 Å². The summed E-state index contributed by atoms with van der Waals surface area (Å²) in [6.45, 7) is 16.9. The lowest BCUT2D eigenvalue weighted by Crippen LogP contribution is -2.58. The molecule has 0 aliphatic carbocycles. The number of benzene rings is 1. The molecule has 1 aliphatic rings. The van der Waals surface area contributed by atoms with Gasteiger partial charge in [-0.1, -0.05) is 97.7 Å². The first-order valence-electron chi connectivity index (χ1n) is 21.3. The molecule has 0 saturated carbocycles. The maximum atomic E-state index is 14.2. The highest BCUT2D eigenvalue weighted by Gasteiger charge is 2.39. The Balaban J connectivity index is 2.66. The molecule has 336 valence electrons. The highest BCUT2D eigenvalue weighted by molar-refractivity contribution is 5.96. The maximum absolute atomic E-state index is 14.2. The Hall–Kier alpha value is -4.79. The molecular formula is C45H71N5O10. The highest BCUT2D eigenvalue weighted by Crippen LogP contribution is 2.26. The Morgan fingerprint density at radius 3 is 1.92 bits per heavy atom. The number of hydrogen-bond acceptors (Lipinski definition) is 10. The molecule has 11 atom stereocenters. The fourth-order valence-electron chi connectivity index (χ4n) is 6.93. The fourth-order valence-corrected chi connectivity index (χ4v) is 6.93. The van der Waals surface area contributed by atoms with Gasteiger partial charge in [-0.2, -0.15) is 0 Å². The standard InChI is InChI=1S/C45H71N5O10/c1-14-26(4)37-43(56)49(12)32(10)45(58)59-38(27(5)15-2)30(8)35(51)23-22-29(7)44(57)60-39(28(6)16-3)40(53)46-31(9)41(54)50(13)34(24-33-20-18-17-19-21-33)42(55)48(11)25-36(52)47-37/h17-22,26-28,30-32,34-35,37-39,51H,14-16,23-25H2,1-13H3,(H,46,53)(H,47,52)/b29-22+/t26-,27-,28-,30-,31-,32-,34+,35-,37-,38+,39+/m0/s1. The van der Waals surface area contributed by atoms with Crippen LogP contribution < -0.4 is 10.6 Å². The second-order valence-electron chi connectivity index (χ2n) is 16.7. The summed E-state index contributed by atoms with van der Waals surface area (Å²) in [5.41, 5.74) is 0.889. The third kappa shape index (κ3) is 13.9. The van der Waals surface area contributed by atoms with E-state index in [4.69, 9.17) is 9.47 Å². The zero-order valence-electron chi connectivity index (χ0n) is 38.0. The molecule has 1 aromatic carbocycles. The van der Waals surface area contributed by atoms with Crippen molar-refractivity contribution in [2.75, 3.05) is 27.7 Å². The first-order valence-corrected chi connectivity index (χ1v) is 21.3. The average Bonchev–Trinajstić information content (AvgIpc) is 3.24. The number of amides is 5. The molecule has 3 N–H and O–H groups in total. The topological polar surface area (TPSA) is 192 Å². The predicted octanol–water partition coefficient (Wildman–Crippen LogP) is 3.66. The van der Waals surface area contributed by atoms with E-state index in [2.05, 4.69) is 10.6 Å². The van der Waals surface area contributed by atoms with Crippen LogP contribution in [0.1, 0.15) is 100 Å². The summed E-state index contributed by atoms with van der Waals surface area (Å²) in [7, 11) is 4.33. The number of ether oxygens (including phenoxy) is 2. The first-order chi connectivity index (χ1) is 28.1. The van der Waals surface area contributed by atoms with Gasteiger partial charge in [0.05, 0.1) is 12.6 Å². The Labute approximate surface area is 356 Å². The summed E-state index contributed by atoms with van der Waals surface area (Å²) in [6.07, 6.45) is 0.128. The molecule has 0 radical (unpaired) electrons. The normalized spacial score (nSPS) is 29.4. The second kappa shape index (κ2) is 23.9. The van der Waals surface area contributed by atoms with E-state index in [1.165, 1.54) is 62.7 Å². The summed E-state index contributed by atoms with van der Waals surface area (Å²) in [6, 6.07) is 4.67. The summed E-state index contributed by atoms with van der Waals surface area (Å²) < 4.78 is 11.8. The molecule has 0 saturated heterocycles. The second-order valence-corrected chi connectivity index (χ2v) is 16.7. The van der Waals surface area contributed by atoms with Crippen molar-refractivity contribution in [2.45, 2.75) is 144 Å². The van der Waals surface area contributed by atoms with Crippen molar-refractivity contribution in [1.29, 1.82) is 0 Å². The van der Waals surface area contributed by atoms with E-state index in [0.29, 0.717) is 19.3 Å². The molecular weight excluding hydrogens is 771 g/mol. The van der Waals surface area contributed by atoms with Crippen molar-refractivity contribution in [2.24, 2.45) is 23.7 Å². The minimum absolute atomic E-state index is 0.00688. The van der Waals surface area contributed by atoms with Gasteiger partial charge in [0.15, 0.2) is 6.10 Å². The number of carbonyl (C=O) groups excluding carboxylic acids is 7. The lowest BCUT2D eigenvalue weighted by Gasteiger charge is -2.35. The van der Waals surface area contributed by atoms with E-state index in [1.807, 2.05) is 45.9 Å². The number of likely N-dealkylation sites (N-methyl/N-ethyl adjacent to an activating group) is 3. The smallest absolute Gasteiger partial charge is 0.334 e. The van der Waals surface area contributed by atoms with Gasteiger partial charge in [0.25, 0.3) is 5.91 Å². The molecule has 0 spiro atoms. The summed E-state index contributed by atoms with van der Waals surface area (Å²) in [4.78, 5) is 100. The van der Waals surface area contributed by atoms with Gasteiger partial charge in [0, 0.05) is 45.0 Å². The zero-order valence-corrected chi connectivity index (χ0v) is 38.0. The average molecular weight is 842 g/mol. The minimum Gasteiger partial charge on any atom is -0.460 e.